The Morgan fingerprint density at radius 2 is 1.94 bits per heavy atom. The summed E-state index contributed by atoms with van der Waals surface area (Å²) in [6, 6.07) is 0. The summed E-state index contributed by atoms with van der Waals surface area (Å²) in [6.07, 6.45) is 4.58. The van der Waals surface area contributed by atoms with Crippen LogP contribution in [0.1, 0.15) is 73.1 Å². The minimum absolute atomic E-state index is 0.202. The topological polar surface area (TPSA) is 107 Å². The van der Waals surface area contributed by atoms with Crippen molar-refractivity contribution >= 4 is 5.97 Å². The summed E-state index contributed by atoms with van der Waals surface area (Å²) in [4.78, 5) is 12.9. The number of carbonyl (C=O) groups is 1. The molecule has 4 rings (SSSR count). The summed E-state index contributed by atoms with van der Waals surface area (Å²) < 4.78 is 6.07. The van der Waals surface area contributed by atoms with Gasteiger partial charge in [-0.05, 0) is 76.5 Å². The number of aliphatic hydroxyl groups excluding tert-OH is 3. The van der Waals surface area contributed by atoms with E-state index in [1.807, 2.05) is 6.92 Å². The molecule has 0 saturated heterocycles. The smallest absolute Gasteiger partial charge is 0.333 e. The van der Waals surface area contributed by atoms with Crippen molar-refractivity contribution in [2.45, 2.75) is 103 Å². The van der Waals surface area contributed by atoms with Crippen molar-refractivity contribution in [2.75, 3.05) is 0 Å². The molecule has 0 amide bonds. The molecule has 0 aromatic heterocycles. The Kier molecular flexibility index (Phi) is 5.93. The Labute approximate surface area is 191 Å². The molecule has 0 aromatic rings. The van der Waals surface area contributed by atoms with E-state index < -0.39 is 35.3 Å². The quantitative estimate of drug-likeness (QED) is 0.300. The van der Waals surface area contributed by atoms with Crippen LogP contribution in [0.3, 0.4) is 0 Å². The fraction of sp³-hybridized carbons (Fsp3) is 0.808. The molecular formula is C26H40O6. The Morgan fingerprint density at radius 1 is 1.25 bits per heavy atom. The number of aliphatic hydroxyl groups is 4. The maximum Gasteiger partial charge on any atom is 0.333 e. The van der Waals surface area contributed by atoms with Gasteiger partial charge in [-0.1, -0.05) is 31.6 Å². The number of carbonyl (C=O) groups excluding carboxylic acids is 1. The van der Waals surface area contributed by atoms with Crippen LogP contribution in [0, 0.1) is 28.6 Å². The number of rotatable bonds is 3. The first-order chi connectivity index (χ1) is 14.9. The van der Waals surface area contributed by atoms with Crippen molar-refractivity contribution in [2.24, 2.45) is 28.6 Å². The minimum Gasteiger partial charge on any atom is -0.456 e. The highest BCUT2D eigenvalue weighted by Crippen LogP contribution is 2.68. The Bertz CT molecular complexity index is 832. The molecule has 32 heavy (non-hydrogen) atoms. The highest BCUT2D eigenvalue weighted by atomic mass is 16.6. The molecule has 3 saturated carbocycles. The van der Waals surface area contributed by atoms with Crippen molar-refractivity contribution in [3.05, 3.63) is 23.3 Å². The van der Waals surface area contributed by atoms with Gasteiger partial charge in [0.05, 0.1) is 23.9 Å². The molecule has 4 aliphatic carbocycles. The summed E-state index contributed by atoms with van der Waals surface area (Å²) >= 11 is 0. The lowest BCUT2D eigenvalue weighted by Crippen LogP contribution is -2.72. The Balaban J connectivity index is 1.85. The first-order valence-corrected chi connectivity index (χ1v) is 12.2. The second-order valence-electron chi connectivity index (χ2n) is 11.3. The Morgan fingerprint density at radius 3 is 2.56 bits per heavy atom. The SMILES string of the molecule is CC=C(C)C(=O)OC1C2C(CC=C3CC(O)CCC32C)C2(O)CCC(C(C)O)C2(C)C1O. The van der Waals surface area contributed by atoms with Gasteiger partial charge >= 0.3 is 5.97 Å². The lowest BCUT2D eigenvalue weighted by Gasteiger charge is -2.64. The van der Waals surface area contributed by atoms with Gasteiger partial charge in [-0.15, -0.1) is 0 Å². The summed E-state index contributed by atoms with van der Waals surface area (Å²) in [7, 11) is 0. The van der Waals surface area contributed by atoms with Crippen LogP contribution in [0.5, 0.6) is 0 Å². The first-order valence-electron chi connectivity index (χ1n) is 12.2. The molecule has 0 aliphatic heterocycles. The molecule has 0 bridgehead atoms. The molecule has 10 unspecified atom stereocenters. The monoisotopic (exact) mass is 448 g/mol. The van der Waals surface area contributed by atoms with Gasteiger partial charge in [0.25, 0.3) is 0 Å². The third-order valence-electron chi connectivity index (χ3n) is 9.99. The van der Waals surface area contributed by atoms with Gasteiger partial charge in [0.2, 0.25) is 0 Å². The molecule has 0 radical (unpaired) electrons. The van der Waals surface area contributed by atoms with Gasteiger partial charge < -0.3 is 25.2 Å². The second-order valence-corrected chi connectivity index (χ2v) is 11.3. The average Bonchev–Trinajstić information content (AvgIpc) is 3.03. The van der Waals surface area contributed by atoms with Crippen molar-refractivity contribution in [1.82, 2.24) is 0 Å². The van der Waals surface area contributed by atoms with E-state index in [1.54, 1.807) is 26.8 Å². The van der Waals surface area contributed by atoms with Crippen LogP contribution in [0.15, 0.2) is 23.3 Å². The van der Waals surface area contributed by atoms with Gasteiger partial charge in [-0.2, -0.15) is 0 Å². The zero-order valence-electron chi connectivity index (χ0n) is 20.0. The van der Waals surface area contributed by atoms with Crippen LogP contribution >= 0.6 is 0 Å². The van der Waals surface area contributed by atoms with Crippen LogP contribution in [0.25, 0.3) is 0 Å². The van der Waals surface area contributed by atoms with Crippen LogP contribution in [0.4, 0.5) is 0 Å². The van der Waals surface area contributed by atoms with Crippen molar-refractivity contribution in [3.8, 4) is 0 Å². The van der Waals surface area contributed by atoms with E-state index >= 15 is 0 Å². The third-order valence-corrected chi connectivity index (χ3v) is 9.99. The second kappa shape index (κ2) is 7.93. The molecule has 10 atom stereocenters. The van der Waals surface area contributed by atoms with E-state index in [0.29, 0.717) is 37.7 Å². The van der Waals surface area contributed by atoms with E-state index in [-0.39, 0.29) is 29.3 Å². The number of ether oxygens (including phenoxy) is 1. The average molecular weight is 449 g/mol. The molecule has 3 fully saturated rings. The lowest BCUT2D eigenvalue weighted by atomic mass is 9.44. The van der Waals surface area contributed by atoms with E-state index in [1.165, 1.54) is 0 Å². The summed E-state index contributed by atoms with van der Waals surface area (Å²) in [5, 5.41) is 44.9. The van der Waals surface area contributed by atoms with Gasteiger partial charge in [0, 0.05) is 16.9 Å². The highest BCUT2D eigenvalue weighted by Gasteiger charge is 2.73. The zero-order chi connectivity index (χ0) is 23.6. The van der Waals surface area contributed by atoms with E-state index in [9.17, 15) is 25.2 Å². The largest absolute Gasteiger partial charge is 0.456 e. The lowest BCUT2D eigenvalue weighted by molar-refractivity contribution is -0.274. The number of allylic oxidation sites excluding steroid dienone is 2. The van der Waals surface area contributed by atoms with Gasteiger partial charge in [0.15, 0.2) is 0 Å². The first kappa shape index (κ1) is 23.9. The van der Waals surface area contributed by atoms with Crippen molar-refractivity contribution < 1.29 is 30.0 Å². The van der Waals surface area contributed by atoms with Crippen LogP contribution in [-0.2, 0) is 9.53 Å². The highest BCUT2D eigenvalue weighted by molar-refractivity contribution is 5.87. The molecular weight excluding hydrogens is 408 g/mol. The number of hydrogen-bond acceptors (Lipinski definition) is 6. The minimum atomic E-state index is -1.17. The Hall–Kier alpha value is -1.21. The fourth-order valence-electron chi connectivity index (χ4n) is 7.93. The maximum absolute atomic E-state index is 12.9. The molecule has 0 aromatic carbocycles. The zero-order valence-corrected chi connectivity index (χ0v) is 20.0. The molecule has 6 heteroatoms. The van der Waals surface area contributed by atoms with Gasteiger partial charge in [-0.25, -0.2) is 4.79 Å². The third kappa shape index (κ3) is 3.09. The van der Waals surface area contributed by atoms with Crippen molar-refractivity contribution in [3.63, 3.8) is 0 Å². The van der Waals surface area contributed by atoms with Crippen LogP contribution in [-0.4, -0.2) is 56.4 Å². The molecule has 180 valence electrons. The molecule has 0 spiro atoms. The summed E-state index contributed by atoms with van der Waals surface area (Å²) in [5.41, 5.74) is -0.914. The normalized spacial score (nSPS) is 49.4. The fourth-order valence-corrected chi connectivity index (χ4v) is 7.93. The number of esters is 1. The number of hydrogen-bond donors (Lipinski definition) is 4. The predicted octanol–water partition coefficient (Wildman–Crippen LogP) is 2.88. The van der Waals surface area contributed by atoms with Crippen molar-refractivity contribution in [1.29, 1.82) is 0 Å². The maximum atomic E-state index is 12.9. The molecule has 0 heterocycles. The molecule has 4 N–H and O–H groups in total. The van der Waals surface area contributed by atoms with E-state index in [2.05, 4.69) is 13.0 Å². The molecule has 6 nitrogen and oxygen atoms in total. The van der Waals surface area contributed by atoms with Crippen LogP contribution in [0.2, 0.25) is 0 Å². The summed E-state index contributed by atoms with van der Waals surface area (Å²) in [6.45, 7) is 9.21. The molecule has 4 aliphatic rings. The standard InChI is InChI=1S/C26H40O6/c1-6-14(2)23(30)32-21-20-19(8-7-16-13-17(28)9-11-24(16,20)4)26(31)12-10-18(15(3)27)25(26,5)22(21)29/h6-7,15,17-22,27-29,31H,8-13H2,1-5H3. The van der Waals surface area contributed by atoms with E-state index in [0.717, 1.165) is 12.0 Å². The summed E-state index contributed by atoms with van der Waals surface area (Å²) in [5.74, 6) is -1.21. The van der Waals surface area contributed by atoms with E-state index in [4.69, 9.17) is 4.74 Å². The van der Waals surface area contributed by atoms with Gasteiger partial charge in [0.1, 0.15) is 6.10 Å². The van der Waals surface area contributed by atoms with Crippen LogP contribution < -0.4 is 0 Å². The van der Waals surface area contributed by atoms with Gasteiger partial charge in [-0.3, -0.25) is 0 Å². The number of fused-ring (bicyclic) bond motifs is 5. The predicted molar refractivity (Wildman–Crippen MR) is 120 cm³/mol.